The molecule has 0 radical (unpaired) electrons. The van der Waals surface area contributed by atoms with Crippen molar-refractivity contribution in [2.24, 2.45) is 7.05 Å². The van der Waals surface area contributed by atoms with E-state index < -0.39 is 0 Å². The van der Waals surface area contributed by atoms with E-state index in [1.807, 2.05) is 19.2 Å². The Morgan fingerprint density at radius 2 is 1.50 bits per heavy atom. The van der Waals surface area contributed by atoms with Gasteiger partial charge in [0, 0.05) is 18.5 Å². The standard InChI is InChI=1S/C26H29NO3/c1-25(2)11-12-26(3,4)20-14-22-18(13-19(20)25)23(28)15-21(27(22)5)16-7-9-17(10-8-16)24(29)30-6/h7-10,13-15H,11-12H2,1-6H3. The van der Waals surface area contributed by atoms with Crippen LogP contribution >= 0.6 is 0 Å². The highest BCUT2D eigenvalue weighted by Gasteiger charge is 2.37. The average Bonchev–Trinajstić information content (AvgIpc) is 2.73. The zero-order chi connectivity index (χ0) is 21.8. The fourth-order valence-electron chi connectivity index (χ4n) is 4.68. The van der Waals surface area contributed by atoms with Gasteiger partial charge in [0.05, 0.1) is 23.9 Å². The predicted molar refractivity (Wildman–Crippen MR) is 121 cm³/mol. The number of carbonyl (C=O) groups is 1. The van der Waals surface area contributed by atoms with Gasteiger partial charge in [0.25, 0.3) is 0 Å². The van der Waals surface area contributed by atoms with Gasteiger partial charge in [0.1, 0.15) is 0 Å². The summed E-state index contributed by atoms with van der Waals surface area (Å²) in [6.45, 7) is 9.13. The van der Waals surface area contributed by atoms with Gasteiger partial charge in [-0.3, -0.25) is 4.79 Å². The summed E-state index contributed by atoms with van der Waals surface area (Å²) in [4.78, 5) is 24.8. The van der Waals surface area contributed by atoms with Crippen LogP contribution in [0.2, 0.25) is 0 Å². The topological polar surface area (TPSA) is 48.3 Å². The molecule has 0 bridgehead atoms. The lowest BCUT2D eigenvalue weighted by Crippen LogP contribution is -2.34. The molecule has 4 heteroatoms. The molecule has 0 fully saturated rings. The third-order valence-electron chi connectivity index (χ3n) is 6.83. The van der Waals surface area contributed by atoms with Crippen LogP contribution in [0.3, 0.4) is 0 Å². The first-order valence-corrected chi connectivity index (χ1v) is 10.4. The lowest BCUT2D eigenvalue weighted by atomic mass is 9.63. The molecule has 3 aromatic rings. The second-order valence-electron chi connectivity index (χ2n) is 9.70. The molecular weight excluding hydrogens is 374 g/mol. The summed E-state index contributed by atoms with van der Waals surface area (Å²) in [5, 5.41) is 0.761. The van der Waals surface area contributed by atoms with Crippen molar-refractivity contribution in [1.82, 2.24) is 4.57 Å². The van der Waals surface area contributed by atoms with Gasteiger partial charge in [-0.1, -0.05) is 39.8 Å². The Bertz CT molecular complexity index is 1210. The van der Waals surface area contributed by atoms with Crippen molar-refractivity contribution in [3.05, 3.63) is 69.4 Å². The Kier molecular flexibility index (Phi) is 4.64. The van der Waals surface area contributed by atoms with Gasteiger partial charge >= 0.3 is 5.97 Å². The number of rotatable bonds is 2. The van der Waals surface area contributed by atoms with E-state index in [1.165, 1.54) is 18.2 Å². The molecule has 1 aliphatic carbocycles. The minimum atomic E-state index is -0.370. The Hall–Kier alpha value is -2.88. The monoisotopic (exact) mass is 403 g/mol. The van der Waals surface area contributed by atoms with E-state index in [9.17, 15) is 9.59 Å². The first-order valence-electron chi connectivity index (χ1n) is 10.4. The number of pyridine rings is 1. The lowest BCUT2D eigenvalue weighted by molar-refractivity contribution is 0.0601. The zero-order valence-corrected chi connectivity index (χ0v) is 18.6. The number of nitrogens with zero attached hydrogens (tertiary/aromatic N) is 1. The van der Waals surface area contributed by atoms with Gasteiger partial charge in [-0.25, -0.2) is 4.79 Å². The van der Waals surface area contributed by atoms with Crippen molar-refractivity contribution >= 4 is 16.9 Å². The fourth-order valence-corrected chi connectivity index (χ4v) is 4.68. The number of esters is 1. The maximum absolute atomic E-state index is 13.1. The first-order chi connectivity index (χ1) is 14.0. The number of fused-ring (bicyclic) bond motifs is 2. The molecule has 1 aromatic heterocycles. The van der Waals surface area contributed by atoms with Crippen LogP contribution in [0.4, 0.5) is 0 Å². The van der Waals surface area contributed by atoms with Gasteiger partial charge in [-0.15, -0.1) is 0 Å². The predicted octanol–water partition coefficient (Wildman–Crippen LogP) is 5.34. The molecule has 1 aliphatic rings. The van der Waals surface area contributed by atoms with Crippen LogP contribution in [-0.2, 0) is 22.6 Å². The minimum Gasteiger partial charge on any atom is -0.465 e. The molecule has 30 heavy (non-hydrogen) atoms. The van der Waals surface area contributed by atoms with Crippen LogP contribution in [-0.4, -0.2) is 17.6 Å². The second-order valence-corrected chi connectivity index (χ2v) is 9.70. The summed E-state index contributed by atoms with van der Waals surface area (Å²) in [6, 6.07) is 13.2. The van der Waals surface area contributed by atoms with Crippen molar-refractivity contribution in [3.63, 3.8) is 0 Å². The third-order valence-corrected chi connectivity index (χ3v) is 6.83. The molecule has 0 spiro atoms. The highest BCUT2D eigenvalue weighted by molar-refractivity contribution is 5.90. The van der Waals surface area contributed by atoms with E-state index in [0.29, 0.717) is 5.56 Å². The Labute approximate surface area is 177 Å². The second kappa shape index (κ2) is 6.83. The molecule has 4 rings (SSSR count). The first kappa shape index (κ1) is 20.4. The Morgan fingerprint density at radius 1 is 0.933 bits per heavy atom. The summed E-state index contributed by atoms with van der Waals surface area (Å²) in [7, 11) is 3.37. The fraction of sp³-hybridized carbons (Fsp3) is 0.385. The van der Waals surface area contributed by atoms with Crippen molar-refractivity contribution in [3.8, 4) is 11.3 Å². The zero-order valence-electron chi connectivity index (χ0n) is 18.6. The molecule has 4 nitrogen and oxygen atoms in total. The number of carbonyl (C=O) groups excluding carboxylic acids is 1. The van der Waals surface area contributed by atoms with Gasteiger partial charge in [-0.05, 0) is 64.6 Å². The van der Waals surface area contributed by atoms with Crippen LogP contribution in [0, 0.1) is 0 Å². The minimum absolute atomic E-state index is 0.0251. The van der Waals surface area contributed by atoms with E-state index in [4.69, 9.17) is 4.74 Å². The Balaban J connectivity index is 1.94. The van der Waals surface area contributed by atoms with Crippen LogP contribution < -0.4 is 5.43 Å². The molecule has 2 aromatic carbocycles. The molecule has 0 aliphatic heterocycles. The van der Waals surface area contributed by atoms with Crippen LogP contribution in [0.15, 0.2) is 47.3 Å². The van der Waals surface area contributed by atoms with Crippen LogP contribution in [0.25, 0.3) is 22.2 Å². The number of aromatic nitrogens is 1. The number of hydrogen-bond acceptors (Lipinski definition) is 3. The van der Waals surface area contributed by atoms with E-state index in [2.05, 4.69) is 44.4 Å². The van der Waals surface area contributed by atoms with E-state index in [-0.39, 0.29) is 22.2 Å². The third kappa shape index (κ3) is 3.15. The van der Waals surface area contributed by atoms with Crippen molar-refractivity contribution in [2.75, 3.05) is 7.11 Å². The molecule has 0 atom stereocenters. The molecule has 0 N–H and O–H groups in total. The van der Waals surface area contributed by atoms with Crippen molar-refractivity contribution in [2.45, 2.75) is 51.4 Å². The summed E-state index contributed by atoms with van der Waals surface area (Å²) in [5.41, 5.74) is 5.94. The van der Waals surface area contributed by atoms with E-state index >= 15 is 0 Å². The molecular formula is C26H29NO3. The van der Waals surface area contributed by atoms with E-state index in [1.54, 1.807) is 18.2 Å². The van der Waals surface area contributed by atoms with Gasteiger partial charge in [0.2, 0.25) is 0 Å². The summed E-state index contributed by atoms with van der Waals surface area (Å²) in [6.07, 6.45) is 2.24. The van der Waals surface area contributed by atoms with Crippen LogP contribution in [0.1, 0.15) is 62.0 Å². The number of methoxy groups -OCH3 is 1. The molecule has 0 unspecified atom stereocenters. The number of aryl methyl sites for hydroxylation is 1. The molecule has 0 saturated carbocycles. The van der Waals surface area contributed by atoms with Crippen molar-refractivity contribution < 1.29 is 9.53 Å². The summed E-state index contributed by atoms with van der Waals surface area (Å²) in [5.74, 6) is -0.370. The molecule has 0 amide bonds. The summed E-state index contributed by atoms with van der Waals surface area (Å²) >= 11 is 0. The number of benzene rings is 2. The maximum atomic E-state index is 13.1. The maximum Gasteiger partial charge on any atom is 0.337 e. The SMILES string of the molecule is COC(=O)c1ccc(-c2cc(=O)c3cc4c(cc3n2C)C(C)(C)CCC4(C)C)cc1. The largest absolute Gasteiger partial charge is 0.465 e. The van der Waals surface area contributed by atoms with Crippen LogP contribution in [0.5, 0.6) is 0 Å². The Morgan fingerprint density at radius 3 is 2.07 bits per heavy atom. The number of ether oxygens (including phenoxy) is 1. The lowest BCUT2D eigenvalue weighted by Gasteiger charge is -2.42. The highest BCUT2D eigenvalue weighted by Crippen LogP contribution is 2.46. The smallest absolute Gasteiger partial charge is 0.337 e. The normalized spacial score (nSPS) is 16.9. The summed E-state index contributed by atoms with van der Waals surface area (Å²) < 4.78 is 6.86. The average molecular weight is 404 g/mol. The van der Waals surface area contributed by atoms with Gasteiger partial charge in [0.15, 0.2) is 5.43 Å². The van der Waals surface area contributed by atoms with Gasteiger partial charge in [-0.2, -0.15) is 0 Å². The molecule has 1 heterocycles. The number of hydrogen-bond donors (Lipinski definition) is 0. The van der Waals surface area contributed by atoms with Crippen molar-refractivity contribution in [1.29, 1.82) is 0 Å². The van der Waals surface area contributed by atoms with Gasteiger partial charge < -0.3 is 9.30 Å². The quantitative estimate of drug-likeness (QED) is 0.543. The highest BCUT2D eigenvalue weighted by atomic mass is 16.5. The molecule has 156 valence electrons. The molecule has 0 saturated heterocycles. The van der Waals surface area contributed by atoms with E-state index in [0.717, 1.165) is 35.0 Å².